The molecule has 0 saturated heterocycles. The van der Waals surface area contributed by atoms with E-state index in [2.05, 4.69) is 32.0 Å². The molecule has 0 atom stereocenters. The van der Waals surface area contributed by atoms with Gasteiger partial charge in [0.15, 0.2) is 10.8 Å². The summed E-state index contributed by atoms with van der Waals surface area (Å²) in [4.78, 5) is 9.42. The molecular weight excluding hydrogens is 311 g/mol. The summed E-state index contributed by atoms with van der Waals surface area (Å²) in [5.74, 6) is 0.582. The number of aromatic nitrogens is 3. The van der Waals surface area contributed by atoms with Gasteiger partial charge in [0.05, 0.1) is 6.20 Å². The molecule has 0 radical (unpaired) electrons. The lowest BCUT2D eigenvalue weighted by atomic mass is 9.95. The SMILES string of the molecule is Cc1csc2nc(-c3ccncc3F)c(NC3CCCCC3)n12. The lowest BCUT2D eigenvalue weighted by Crippen LogP contribution is -2.23. The van der Waals surface area contributed by atoms with E-state index in [0.29, 0.717) is 17.3 Å². The zero-order chi connectivity index (χ0) is 15.8. The van der Waals surface area contributed by atoms with Gasteiger partial charge in [0.25, 0.3) is 0 Å². The van der Waals surface area contributed by atoms with Crippen LogP contribution in [0.3, 0.4) is 0 Å². The number of hydrogen-bond acceptors (Lipinski definition) is 4. The highest BCUT2D eigenvalue weighted by molar-refractivity contribution is 7.15. The Labute approximate surface area is 138 Å². The second-order valence-corrected chi connectivity index (χ2v) is 6.98. The molecule has 3 heterocycles. The summed E-state index contributed by atoms with van der Waals surface area (Å²) in [6, 6.07) is 2.13. The third kappa shape index (κ3) is 2.61. The van der Waals surface area contributed by atoms with E-state index in [1.165, 1.54) is 25.5 Å². The fourth-order valence-corrected chi connectivity index (χ4v) is 4.19. The number of hydrogen-bond donors (Lipinski definition) is 1. The van der Waals surface area contributed by atoms with Crippen molar-refractivity contribution in [3.05, 3.63) is 35.4 Å². The van der Waals surface area contributed by atoms with Gasteiger partial charge in [0.2, 0.25) is 0 Å². The van der Waals surface area contributed by atoms with Crippen molar-refractivity contribution in [1.82, 2.24) is 14.4 Å². The molecule has 1 aliphatic rings. The molecule has 0 aromatic carbocycles. The highest BCUT2D eigenvalue weighted by atomic mass is 32.1. The Bertz CT molecular complexity index is 832. The van der Waals surface area contributed by atoms with Crippen LogP contribution in [0.4, 0.5) is 10.2 Å². The maximum atomic E-state index is 14.2. The van der Waals surface area contributed by atoms with Gasteiger partial charge in [0, 0.05) is 28.9 Å². The van der Waals surface area contributed by atoms with Crippen LogP contribution in [0.5, 0.6) is 0 Å². The zero-order valence-corrected chi connectivity index (χ0v) is 13.9. The largest absolute Gasteiger partial charge is 0.367 e. The highest BCUT2D eigenvalue weighted by Gasteiger charge is 2.22. The maximum absolute atomic E-state index is 14.2. The summed E-state index contributed by atoms with van der Waals surface area (Å²) in [6.45, 7) is 2.06. The Balaban J connectivity index is 1.83. The van der Waals surface area contributed by atoms with Gasteiger partial charge >= 0.3 is 0 Å². The first kappa shape index (κ1) is 14.6. The van der Waals surface area contributed by atoms with Crippen molar-refractivity contribution < 1.29 is 4.39 Å². The first-order valence-electron chi connectivity index (χ1n) is 8.07. The summed E-state index contributed by atoms with van der Waals surface area (Å²) in [5.41, 5.74) is 2.32. The molecule has 0 spiro atoms. The minimum Gasteiger partial charge on any atom is -0.367 e. The molecule has 4 nitrogen and oxygen atoms in total. The molecule has 0 bridgehead atoms. The molecule has 23 heavy (non-hydrogen) atoms. The molecule has 1 N–H and O–H groups in total. The summed E-state index contributed by atoms with van der Waals surface area (Å²) in [5, 5.41) is 5.73. The number of fused-ring (bicyclic) bond motifs is 1. The van der Waals surface area contributed by atoms with Gasteiger partial charge < -0.3 is 5.32 Å². The van der Waals surface area contributed by atoms with Crippen molar-refractivity contribution in [2.45, 2.75) is 45.1 Å². The van der Waals surface area contributed by atoms with Crippen molar-refractivity contribution in [2.24, 2.45) is 0 Å². The van der Waals surface area contributed by atoms with Gasteiger partial charge in [-0.2, -0.15) is 0 Å². The molecule has 3 aromatic heterocycles. The lowest BCUT2D eigenvalue weighted by molar-refractivity contribution is 0.461. The molecule has 4 rings (SSSR count). The molecular formula is C17H19FN4S. The quantitative estimate of drug-likeness (QED) is 0.760. The van der Waals surface area contributed by atoms with Crippen molar-refractivity contribution in [2.75, 3.05) is 5.32 Å². The van der Waals surface area contributed by atoms with E-state index in [1.807, 2.05) is 0 Å². The Morgan fingerprint density at radius 3 is 2.91 bits per heavy atom. The van der Waals surface area contributed by atoms with Crippen LogP contribution in [0.25, 0.3) is 16.2 Å². The molecule has 6 heteroatoms. The van der Waals surface area contributed by atoms with Crippen LogP contribution in [0, 0.1) is 12.7 Å². The summed E-state index contributed by atoms with van der Waals surface area (Å²) < 4.78 is 16.3. The van der Waals surface area contributed by atoms with Crippen LogP contribution in [0.2, 0.25) is 0 Å². The van der Waals surface area contributed by atoms with Crippen LogP contribution in [-0.2, 0) is 0 Å². The van der Waals surface area contributed by atoms with E-state index in [-0.39, 0.29) is 5.82 Å². The average Bonchev–Trinajstić information content (AvgIpc) is 3.10. The maximum Gasteiger partial charge on any atom is 0.196 e. The van der Waals surface area contributed by atoms with E-state index >= 15 is 0 Å². The van der Waals surface area contributed by atoms with Crippen molar-refractivity contribution in [3.8, 4) is 11.3 Å². The Hall–Kier alpha value is -1.95. The highest BCUT2D eigenvalue weighted by Crippen LogP contribution is 2.35. The summed E-state index contributed by atoms with van der Waals surface area (Å²) >= 11 is 1.59. The summed E-state index contributed by atoms with van der Waals surface area (Å²) in [7, 11) is 0. The predicted molar refractivity (Wildman–Crippen MR) is 91.5 cm³/mol. The van der Waals surface area contributed by atoms with Crippen LogP contribution >= 0.6 is 11.3 Å². The molecule has 1 aliphatic carbocycles. The van der Waals surface area contributed by atoms with Crippen LogP contribution in [-0.4, -0.2) is 20.4 Å². The van der Waals surface area contributed by atoms with E-state index in [1.54, 1.807) is 23.6 Å². The van der Waals surface area contributed by atoms with Crippen LogP contribution in [0.15, 0.2) is 23.8 Å². The van der Waals surface area contributed by atoms with E-state index in [9.17, 15) is 4.39 Å². The van der Waals surface area contributed by atoms with E-state index < -0.39 is 0 Å². The van der Waals surface area contributed by atoms with Gasteiger partial charge in [-0.1, -0.05) is 19.3 Å². The first-order valence-corrected chi connectivity index (χ1v) is 8.95. The Kier molecular flexibility index (Phi) is 3.77. The molecule has 1 fully saturated rings. The number of rotatable bonds is 3. The number of anilines is 1. The number of halogens is 1. The van der Waals surface area contributed by atoms with E-state index in [4.69, 9.17) is 0 Å². The fraction of sp³-hybridized carbons (Fsp3) is 0.412. The Morgan fingerprint density at radius 1 is 1.30 bits per heavy atom. The minimum atomic E-state index is -0.331. The molecule has 0 amide bonds. The lowest BCUT2D eigenvalue weighted by Gasteiger charge is -2.24. The van der Waals surface area contributed by atoms with Crippen molar-refractivity contribution in [3.63, 3.8) is 0 Å². The normalized spacial score (nSPS) is 16.1. The number of imidazole rings is 1. The minimum absolute atomic E-state index is 0.331. The second-order valence-electron chi connectivity index (χ2n) is 6.14. The third-order valence-electron chi connectivity index (χ3n) is 4.51. The van der Waals surface area contributed by atoms with Gasteiger partial charge in [-0.15, -0.1) is 11.3 Å². The first-order chi connectivity index (χ1) is 11.2. The van der Waals surface area contributed by atoms with Crippen molar-refractivity contribution >= 4 is 22.1 Å². The van der Waals surface area contributed by atoms with Gasteiger partial charge in [-0.3, -0.25) is 9.38 Å². The van der Waals surface area contributed by atoms with Gasteiger partial charge in [-0.05, 0) is 25.8 Å². The van der Waals surface area contributed by atoms with Crippen LogP contribution in [0.1, 0.15) is 37.8 Å². The molecule has 0 unspecified atom stereocenters. The number of thiazole rings is 1. The third-order valence-corrected chi connectivity index (χ3v) is 5.45. The topological polar surface area (TPSA) is 42.2 Å². The van der Waals surface area contributed by atoms with Crippen molar-refractivity contribution in [1.29, 1.82) is 0 Å². The number of aryl methyl sites for hydroxylation is 1. The monoisotopic (exact) mass is 330 g/mol. The molecule has 120 valence electrons. The standard InChI is InChI=1S/C17H19FN4S/c1-11-10-23-17-21-15(13-7-8-19-9-14(13)18)16(22(11)17)20-12-5-3-2-4-6-12/h7-10,12,20H,2-6H2,1H3. The molecule has 1 saturated carbocycles. The predicted octanol–water partition coefficient (Wildman–Crippen LogP) is 4.65. The average molecular weight is 330 g/mol. The van der Waals surface area contributed by atoms with Gasteiger partial charge in [0.1, 0.15) is 11.5 Å². The number of nitrogens with zero attached hydrogens (tertiary/aromatic N) is 3. The van der Waals surface area contributed by atoms with Gasteiger partial charge in [-0.25, -0.2) is 9.37 Å². The molecule has 0 aliphatic heterocycles. The van der Waals surface area contributed by atoms with Crippen LogP contribution < -0.4 is 5.32 Å². The Morgan fingerprint density at radius 2 is 2.13 bits per heavy atom. The number of pyridine rings is 1. The smallest absolute Gasteiger partial charge is 0.196 e. The fourth-order valence-electron chi connectivity index (χ4n) is 3.33. The second kappa shape index (κ2) is 5.92. The summed E-state index contributed by atoms with van der Waals surface area (Å²) in [6.07, 6.45) is 9.00. The molecule has 3 aromatic rings. The van der Waals surface area contributed by atoms with E-state index in [0.717, 1.165) is 29.3 Å². The zero-order valence-electron chi connectivity index (χ0n) is 13.1. The number of nitrogens with one attached hydrogen (secondary N) is 1.